The molecule has 0 unspecified atom stereocenters. The molecular weight excluding hydrogens is 244 g/mol. The zero-order chi connectivity index (χ0) is 10.9. The van der Waals surface area contributed by atoms with Gasteiger partial charge in [0.15, 0.2) is 0 Å². The van der Waals surface area contributed by atoms with E-state index in [1.54, 1.807) is 7.11 Å². The van der Waals surface area contributed by atoms with Crippen molar-refractivity contribution in [3.63, 3.8) is 0 Å². The molecule has 0 fully saturated rings. The predicted octanol–water partition coefficient (Wildman–Crippen LogP) is 3.24. The third kappa shape index (κ3) is 5.32. The van der Waals surface area contributed by atoms with Crippen LogP contribution in [0.1, 0.15) is 33.1 Å². The van der Waals surface area contributed by atoms with Gasteiger partial charge in [0.25, 0.3) is 0 Å². The predicted molar refractivity (Wildman–Crippen MR) is 64.1 cm³/mol. The zero-order valence-electron chi connectivity index (χ0n) is 9.64. The Bertz CT molecular complexity index is 116. The summed E-state index contributed by atoms with van der Waals surface area (Å²) >= 11 is 3.57. The molecule has 0 saturated heterocycles. The van der Waals surface area contributed by atoms with Gasteiger partial charge in [0.2, 0.25) is 0 Å². The Morgan fingerprint density at radius 1 is 1.14 bits per heavy atom. The topological polar surface area (TPSA) is 18.5 Å². The van der Waals surface area contributed by atoms with E-state index in [1.807, 2.05) is 0 Å². The highest BCUT2D eigenvalue weighted by Gasteiger charge is 2.24. The van der Waals surface area contributed by atoms with Crippen LogP contribution in [0.25, 0.3) is 0 Å². The molecule has 0 rings (SSSR count). The van der Waals surface area contributed by atoms with Crippen LogP contribution >= 0.6 is 15.9 Å². The minimum atomic E-state index is 0.326. The van der Waals surface area contributed by atoms with Gasteiger partial charge < -0.3 is 9.47 Å². The maximum absolute atomic E-state index is 5.66. The average molecular weight is 267 g/mol. The molecule has 0 aromatic rings. The Hall–Kier alpha value is 0.400. The first kappa shape index (κ1) is 14.4. The van der Waals surface area contributed by atoms with E-state index < -0.39 is 0 Å². The van der Waals surface area contributed by atoms with E-state index >= 15 is 0 Å². The van der Waals surface area contributed by atoms with Gasteiger partial charge in [-0.05, 0) is 19.3 Å². The van der Waals surface area contributed by atoms with Gasteiger partial charge in [-0.1, -0.05) is 29.8 Å². The minimum Gasteiger partial charge on any atom is -0.385 e. The Morgan fingerprint density at radius 3 is 2.21 bits per heavy atom. The number of hydrogen-bond donors (Lipinski definition) is 0. The monoisotopic (exact) mass is 266 g/mol. The summed E-state index contributed by atoms with van der Waals surface area (Å²) in [6, 6.07) is 0. The highest BCUT2D eigenvalue weighted by atomic mass is 79.9. The van der Waals surface area contributed by atoms with Gasteiger partial charge in [0, 0.05) is 31.1 Å². The van der Waals surface area contributed by atoms with Crippen LogP contribution < -0.4 is 0 Å². The lowest BCUT2D eigenvalue weighted by molar-refractivity contribution is 0.0402. The van der Waals surface area contributed by atoms with Gasteiger partial charge in [-0.3, -0.25) is 0 Å². The Labute approximate surface area is 96.5 Å². The lowest BCUT2D eigenvalue weighted by Gasteiger charge is -2.29. The third-order valence-electron chi connectivity index (χ3n) is 2.83. The molecule has 0 atom stereocenters. The van der Waals surface area contributed by atoms with Crippen LogP contribution in [-0.2, 0) is 9.47 Å². The normalized spacial score (nSPS) is 12.0. The van der Waals surface area contributed by atoms with Crippen molar-refractivity contribution >= 4 is 15.9 Å². The summed E-state index contributed by atoms with van der Waals surface area (Å²) in [4.78, 5) is 0. The molecule has 0 aromatic carbocycles. The summed E-state index contributed by atoms with van der Waals surface area (Å²) in [5, 5.41) is 1.03. The van der Waals surface area contributed by atoms with Gasteiger partial charge in [0.1, 0.15) is 0 Å². The van der Waals surface area contributed by atoms with Crippen LogP contribution in [0.5, 0.6) is 0 Å². The largest absolute Gasteiger partial charge is 0.385 e. The van der Waals surface area contributed by atoms with Crippen LogP contribution in [0.2, 0.25) is 0 Å². The van der Waals surface area contributed by atoms with Crippen molar-refractivity contribution in [2.45, 2.75) is 33.1 Å². The molecule has 14 heavy (non-hydrogen) atoms. The SMILES string of the molecule is CCC(CC)(CBr)COCCCOC. The maximum atomic E-state index is 5.66. The van der Waals surface area contributed by atoms with E-state index in [1.165, 1.54) is 12.8 Å². The molecule has 0 aliphatic carbocycles. The highest BCUT2D eigenvalue weighted by molar-refractivity contribution is 9.09. The van der Waals surface area contributed by atoms with Crippen molar-refractivity contribution in [1.29, 1.82) is 0 Å². The fourth-order valence-electron chi connectivity index (χ4n) is 1.28. The van der Waals surface area contributed by atoms with Gasteiger partial charge in [-0.25, -0.2) is 0 Å². The van der Waals surface area contributed by atoms with Crippen molar-refractivity contribution in [2.75, 3.05) is 32.3 Å². The van der Waals surface area contributed by atoms with Crippen LogP contribution in [0.3, 0.4) is 0 Å². The lowest BCUT2D eigenvalue weighted by Crippen LogP contribution is -2.27. The van der Waals surface area contributed by atoms with E-state index in [2.05, 4.69) is 29.8 Å². The summed E-state index contributed by atoms with van der Waals surface area (Å²) in [5.74, 6) is 0. The fourth-order valence-corrected chi connectivity index (χ4v) is 2.23. The van der Waals surface area contributed by atoms with E-state index in [9.17, 15) is 0 Å². The average Bonchev–Trinajstić information content (AvgIpc) is 2.24. The van der Waals surface area contributed by atoms with Gasteiger partial charge in [0.05, 0.1) is 6.61 Å². The van der Waals surface area contributed by atoms with Crippen LogP contribution in [0, 0.1) is 5.41 Å². The quantitative estimate of drug-likeness (QED) is 0.471. The third-order valence-corrected chi connectivity index (χ3v) is 4.02. The van der Waals surface area contributed by atoms with Crippen molar-refractivity contribution in [1.82, 2.24) is 0 Å². The molecule has 0 aliphatic heterocycles. The smallest absolute Gasteiger partial charge is 0.0530 e. The molecular formula is C11H23BrO2. The number of rotatable bonds is 9. The Kier molecular flexibility index (Phi) is 8.94. The second-order valence-corrected chi connectivity index (χ2v) is 4.30. The van der Waals surface area contributed by atoms with E-state index in [0.717, 1.165) is 31.6 Å². The first-order valence-corrected chi connectivity index (χ1v) is 6.49. The molecule has 86 valence electrons. The van der Waals surface area contributed by atoms with Crippen LogP contribution in [-0.4, -0.2) is 32.3 Å². The second kappa shape index (κ2) is 8.69. The summed E-state index contributed by atoms with van der Waals surface area (Å²) in [7, 11) is 1.72. The number of alkyl halides is 1. The van der Waals surface area contributed by atoms with Gasteiger partial charge in [-0.15, -0.1) is 0 Å². The second-order valence-electron chi connectivity index (χ2n) is 3.74. The molecule has 0 aromatic heterocycles. The molecule has 0 spiro atoms. The van der Waals surface area contributed by atoms with E-state index in [4.69, 9.17) is 9.47 Å². The van der Waals surface area contributed by atoms with Gasteiger partial charge >= 0.3 is 0 Å². The maximum Gasteiger partial charge on any atom is 0.0530 e. The highest BCUT2D eigenvalue weighted by Crippen LogP contribution is 2.28. The summed E-state index contributed by atoms with van der Waals surface area (Å²) in [5.41, 5.74) is 0.326. The van der Waals surface area contributed by atoms with Crippen LogP contribution in [0.15, 0.2) is 0 Å². The number of hydrogen-bond acceptors (Lipinski definition) is 2. The van der Waals surface area contributed by atoms with Gasteiger partial charge in [-0.2, -0.15) is 0 Å². The van der Waals surface area contributed by atoms with Crippen molar-refractivity contribution in [3.8, 4) is 0 Å². The first-order chi connectivity index (χ1) is 6.74. The van der Waals surface area contributed by atoms with E-state index in [-0.39, 0.29) is 0 Å². The molecule has 2 nitrogen and oxygen atoms in total. The minimum absolute atomic E-state index is 0.326. The fraction of sp³-hybridized carbons (Fsp3) is 1.00. The van der Waals surface area contributed by atoms with Crippen molar-refractivity contribution in [2.24, 2.45) is 5.41 Å². The molecule has 0 heterocycles. The molecule has 0 amide bonds. The molecule has 0 saturated carbocycles. The number of halogens is 1. The number of methoxy groups -OCH3 is 1. The van der Waals surface area contributed by atoms with Crippen molar-refractivity contribution in [3.05, 3.63) is 0 Å². The first-order valence-electron chi connectivity index (χ1n) is 5.37. The standard InChI is InChI=1S/C11H23BrO2/c1-4-11(5-2,9-12)10-14-8-6-7-13-3/h4-10H2,1-3H3. The summed E-state index contributed by atoms with van der Waals surface area (Å²) in [6.07, 6.45) is 3.32. The molecule has 0 N–H and O–H groups in total. The summed E-state index contributed by atoms with van der Waals surface area (Å²) in [6.45, 7) is 6.91. The lowest BCUT2D eigenvalue weighted by atomic mass is 9.86. The molecule has 0 bridgehead atoms. The van der Waals surface area contributed by atoms with E-state index in [0.29, 0.717) is 5.41 Å². The molecule has 0 radical (unpaired) electrons. The number of ether oxygens (including phenoxy) is 2. The van der Waals surface area contributed by atoms with Crippen molar-refractivity contribution < 1.29 is 9.47 Å². The Balaban J connectivity index is 3.61. The van der Waals surface area contributed by atoms with Crippen LogP contribution in [0.4, 0.5) is 0 Å². The Morgan fingerprint density at radius 2 is 1.79 bits per heavy atom. The summed E-state index contributed by atoms with van der Waals surface area (Å²) < 4.78 is 10.6. The molecule has 0 aliphatic rings. The molecule has 3 heteroatoms. The zero-order valence-corrected chi connectivity index (χ0v) is 11.2.